The lowest BCUT2D eigenvalue weighted by atomic mass is 10.1. The van der Waals surface area contributed by atoms with Crippen molar-refractivity contribution in [2.24, 2.45) is 0 Å². The minimum absolute atomic E-state index is 0.236. The lowest BCUT2D eigenvalue weighted by Crippen LogP contribution is -2.15. The lowest BCUT2D eigenvalue weighted by molar-refractivity contribution is 0.102. The van der Waals surface area contributed by atoms with Gasteiger partial charge in [-0.2, -0.15) is 0 Å². The van der Waals surface area contributed by atoms with Gasteiger partial charge in [-0.1, -0.05) is 17.7 Å². The average molecular weight is 298 g/mol. The maximum absolute atomic E-state index is 12.3. The summed E-state index contributed by atoms with van der Waals surface area (Å²) in [5, 5.41) is 4.20. The first-order chi connectivity index (χ1) is 10.1. The van der Waals surface area contributed by atoms with E-state index in [0.717, 1.165) is 10.9 Å². The molecule has 1 aromatic carbocycles. The minimum Gasteiger partial charge on any atom is -0.307 e. The van der Waals surface area contributed by atoms with Crippen LogP contribution in [0.2, 0.25) is 5.02 Å². The van der Waals surface area contributed by atoms with Crippen molar-refractivity contribution in [3.05, 3.63) is 64.9 Å². The third kappa shape index (κ3) is 2.85. The van der Waals surface area contributed by atoms with Crippen LogP contribution in [-0.2, 0) is 0 Å². The summed E-state index contributed by atoms with van der Waals surface area (Å²) in [6.45, 7) is 1.81. The van der Waals surface area contributed by atoms with E-state index in [-0.39, 0.29) is 5.91 Å². The van der Waals surface area contributed by atoms with E-state index in [1.54, 1.807) is 43.5 Å². The Hall–Kier alpha value is -2.46. The highest BCUT2D eigenvalue weighted by Crippen LogP contribution is 2.21. The molecule has 5 heteroatoms. The molecule has 0 saturated carbocycles. The molecule has 0 aliphatic rings. The third-order valence-corrected chi connectivity index (χ3v) is 3.35. The molecule has 2 aromatic heterocycles. The van der Waals surface area contributed by atoms with Crippen LogP contribution in [0.4, 0.5) is 5.82 Å². The van der Waals surface area contributed by atoms with E-state index in [1.807, 2.05) is 12.1 Å². The van der Waals surface area contributed by atoms with Crippen molar-refractivity contribution in [1.29, 1.82) is 0 Å². The van der Waals surface area contributed by atoms with E-state index in [4.69, 9.17) is 11.6 Å². The van der Waals surface area contributed by atoms with Crippen LogP contribution in [0.25, 0.3) is 10.9 Å². The summed E-state index contributed by atoms with van der Waals surface area (Å²) in [6.07, 6.45) is 1.63. The molecule has 0 radical (unpaired) electrons. The first kappa shape index (κ1) is 13.5. The highest BCUT2D eigenvalue weighted by molar-refractivity contribution is 6.31. The fourth-order valence-electron chi connectivity index (χ4n) is 2.09. The molecule has 0 atom stereocenters. The summed E-state index contributed by atoms with van der Waals surface area (Å²) in [7, 11) is 0. The Morgan fingerprint density at radius 2 is 2.05 bits per heavy atom. The summed E-state index contributed by atoms with van der Waals surface area (Å²) >= 11 is 5.98. The van der Waals surface area contributed by atoms with Gasteiger partial charge in [0.05, 0.1) is 16.8 Å². The molecule has 0 spiro atoms. The summed E-state index contributed by atoms with van der Waals surface area (Å²) in [4.78, 5) is 20.9. The summed E-state index contributed by atoms with van der Waals surface area (Å²) in [6, 6.07) is 12.5. The predicted molar refractivity (Wildman–Crippen MR) is 83.7 cm³/mol. The molecule has 3 aromatic rings. The van der Waals surface area contributed by atoms with E-state index < -0.39 is 0 Å². The summed E-state index contributed by atoms with van der Waals surface area (Å²) < 4.78 is 0. The number of nitrogens with zero attached hydrogens (tertiary/aromatic N) is 2. The molecule has 1 N–H and O–H groups in total. The Balaban J connectivity index is 1.99. The number of hydrogen-bond donors (Lipinski definition) is 1. The van der Waals surface area contributed by atoms with Crippen molar-refractivity contribution in [1.82, 2.24) is 9.97 Å². The van der Waals surface area contributed by atoms with Crippen molar-refractivity contribution in [2.75, 3.05) is 5.32 Å². The number of benzene rings is 1. The molecule has 3 rings (SSSR count). The zero-order valence-corrected chi connectivity index (χ0v) is 12.1. The predicted octanol–water partition coefficient (Wildman–Crippen LogP) is 3.84. The standard InChI is InChI=1S/C16H12ClN3O/c1-10-13(16(21)20-15-4-2-3-7-18-15)9-11-8-12(17)5-6-14(11)19-10/h2-9H,1H3,(H,18,20,21). The normalized spacial score (nSPS) is 10.6. The SMILES string of the molecule is Cc1nc2ccc(Cl)cc2cc1C(=O)Nc1ccccn1. The number of rotatable bonds is 2. The van der Waals surface area contributed by atoms with Crippen LogP contribution in [0, 0.1) is 6.92 Å². The van der Waals surface area contributed by atoms with E-state index in [1.165, 1.54) is 0 Å². The fourth-order valence-corrected chi connectivity index (χ4v) is 2.27. The Morgan fingerprint density at radius 3 is 2.81 bits per heavy atom. The zero-order chi connectivity index (χ0) is 14.8. The molecule has 1 amide bonds. The van der Waals surface area contributed by atoms with Crippen molar-refractivity contribution >= 4 is 34.2 Å². The highest BCUT2D eigenvalue weighted by atomic mass is 35.5. The van der Waals surface area contributed by atoms with Gasteiger partial charge in [0.1, 0.15) is 5.82 Å². The van der Waals surface area contributed by atoms with Crippen LogP contribution >= 0.6 is 11.6 Å². The highest BCUT2D eigenvalue weighted by Gasteiger charge is 2.12. The van der Waals surface area contributed by atoms with Gasteiger partial charge in [0.2, 0.25) is 0 Å². The molecule has 2 heterocycles. The number of carbonyl (C=O) groups is 1. The summed E-state index contributed by atoms with van der Waals surface area (Å²) in [5.74, 6) is 0.272. The average Bonchev–Trinajstić information content (AvgIpc) is 2.48. The van der Waals surface area contributed by atoms with Crippen molar-refractivity contribution in [3.63, 3.8) is 0 Å². The molecular formula is C16H12ClN3O. The van der Waals surface area contributed by atoms with Gasteiger partial charge in [0, 0.05) is 16.6 Å². The van der Waals surface area contributed by atoms with E-state index in [0.29, 0.717) is 22.1 Å². The van der Waals surface area contributed by atoms with Gasteiger partial charge in [0.25, 0.3) is 5.91 Å². The number of halogens is 1. The van der Waals surface area contributed by atoms with Crippen LogP contribution in [-0.4, -0.2) is 15.9 Å². The summed E-state index contributed by atoms with van der Waals surface area (Å²) in [5.41, 5.74) is 1.99. The molecule has 0 fully saturated rings. The van der Waals surface area contributed by atoms with Gasteiger partial charge in [-0.25, -0.2) is 4.98 Å². The molecule has 0 aliphatic carbocycles. The first-order valence-corrected chi connectivity index (χ1v) is 6.80. The largest absolute Gasteiger partial charge is 0.307 e. The monoisotopic (exact) mass is 297 g/mol. The van der Waals surface area contributed by atoms with E-state index in [2.05, 4.69) is 15.3 Å². The second-order valence-electron chi connectivity index (χ2n) is 4.63. The van der Waals surface area contributed by atoms with E-state index in [9.17, 15) is 4.79 Å². The minimum atomic E-state index is -0.236. The van der Waals surface area contributed by atoms with Gasteiger partial charge in [-0.05, 0) is 43.3 Å². The molecule has 0 unspecified atom stereocenters. The number of anilines is 1. The van der Waals surface area contributed by atoms with Crippen LogP contribution in [0.5, 0.6) is 0 Å². The van der Waals surface area contributed by atoms with Crippen LogP contribution in [0.15, 0.2) is 48.7 Å². The van der Waals surface area contributed by atoms with Crippen LogP contribution < -0.4 is 5.32 Å². The number of aryl methyl sites for hydroxylation is 1. The van der Waals surface area contributed by atoms with Crippen LogP contribution in [0.3, 0.4) is 0 Å². The topological polar surface area (TPSA) is 54.9 Å². The Labute approximate surface area is 126 Å². The van der Waals surface area contributed by atoms with Crippen molar-refractivity contribution in [2.45, 2.75) is 6.92 Å². The number of fused-ring (bicyclic) bond motifs is 1. The lowest BCUT2D eigenvalue weighted by Gasteiger charge is -2.08. The second-order valence-corrected chi connectivity index (χ2v) is 5.06. The second kappa shape index (κ2) is 5.50. The molecule has 4 nitrogen and oxygen atoms in total. The number of carbonyl (C=O) groups excluding carboxylic acids is 1. The number of nitrogens with one attached hydrogen (secondary N) is 1. The maximum Gasteiger partial charge on any atom is 0.258 e. The van der Waals surface area contributed by atoms with Gasteiger partial charge < -0.3 is 5.32 Å². The molecule has 0 bridgehead atoms. The van der Waals surface area contributed by atoms with Gasteiger partial charge >= 0.3 is 0 Å². The quantitative estimate of drug-likeness (QED) is 0.782. The van der Waals surface area contributed by atoms with Crippen molar-refractivity contribution < 1.29 is 4.79 Å². The molecule has 0 aliphatic heterocycles. The van der Waals surface area contributed by atoms with E-state index >= 15 is 0 Å². The van der Waals surface area contributed by atoms with Gasteiger partial charge in [-0.15, -0.1) is 0 Å². The molecular weight excluding hydrogens is 286 g/mol. The number of hydrogen-bond acceptors (Lipinski definition) is 3. The van der Waals surface area contributed by atoms with Gasteiger partial charge in [-0.3, -0.25) is 9.78 Å². The molecule has 104 valence electrons. The number of aromatic nitrogens is 2. The third-order valence-electron chi connectivity index (χ3n) is 3.12. The Bertz CT molecular complexity index is 818. The Morgan fingerprint density at radius 1 is 1.19 bits per heavy atom. The smallest absolute Gasteiger partial charge is 0.258 e. The zero-order valence-electron chi connectivity index (χ0n) is 11.3. The fraction of sp³-hybridized carbons (Fsp3) is 0.0625. The first-order valence-electron chi connectivity index (χ1n) is 6.43. The number of amides is 1. The molecule has 0 saturated heterocycles. The van der Waals surface area contributed by atoms with Gasteiger partial charge in [0.15, 0.2) is 0 Å². The Kier molecular flexibility index (Phi) is 3.54. The molecule has 21 heavy (non-hydrogen) atoms. The maximum atomic E-state index is 12.3. The number of pyridine rings is 2. The van der Waals surface area contributed by atoms with Crippen LogP contribution in [0.1, 0.15) is 16.1 Å². The van der Waals surface area contributed by atoms with Crippen molar-refractivity contribution in [3.8, 4) is 0 Å².